The third-order valence-electron chi connectivity index (χ3n) is 5.10. The lowest BCUT2D eigenvalue weighted by Gasteiger charge is -2.21. The lowest BCUT2D eigenvalue weighted by molar-refractivity contribution is -0.114. The smallest absolute Gasteiger partial charge is 0.245 e. The highest BCUT2D eigenvalue weighted by molar-refractivity contribution is 7.89. The molecule has 31 heavy (non-hydrogen) atoms. The number of aromatic nitrogens is 2. The van der Waals surface area contributed by atoms with Crippen LogP contribution in [0.3, 0.4) is 0 Å². The molecule has 1 aliphatic rings. The highest BCUT2D eigenvalue weighted by Crippen LogP contribution is 2.37. The molecule has 1 aliphatic heterocycles. The van der Waals surface area contributed by atoms with Crippen molar-refractivity contribution in [2.75, 3.05) is 11.9 Å². The fourth-order valence-corrected chi connectivity index (χ4v) is 5.52. The Kier molecular flexibility index (Phi) is 5.83. The van der Waals surface area contributed by atoms with Crippen molar-refractivity contribution in [2.45, 2.75) is 37.6 Å². The van der Waals surface area contributed by atoms with E-state index in [0.29, 0.717) is 30.9 Å². The lowest BCUT2D eigenvalue weighted by atomic mass is 10.1. The number of amides is 1. The third kappa shape index (κ3) is 4.34. The normalized spacial score (nSPS) is 17.1. The van der Waals surface area contributed by atoms with Gasteiger partial charge in [0.2, 0.25) is 27.6 Å². The van der Waals surface area contributed by atoms with Crippen LogP contribution in [0.5, 0.6) is 0 Å². The van der Waals surface area contributed by atoms with E-state index in [2.05, 4.69) is 15.5 Å². The second-order valence-electron chi connectivity index (χ2n) is 7.42. The molecule has 1 N–H and O–H groups in total. The van der Waals surface area contributed by atoms with Gasteiger partial charge in [0.05, 0.1) is 15.6 Å². The van der Waals surface area contributed by atoms with E-state index in [1.54, 1.807) is 0 Å². The van der Waals surface area contributed by atoms with Gasteiger partial charge in [-0.15, -0.1) is 0 Å². The molecule has 0 spiro atoms. The van der Waals surface area contributed by atoms with Crippen LogP contribution in [0.2, 0.25) is 5.02 Å². The number of carbonyl (C=O) groups is 1. The Hall–Kier alpha value is -2.75. The number of hydrogen-bond acceptors (Lipinski definition) is 6. The van der Waals surface area contributed by atoms with Crippen molar-refractivity contribution in [3.05, 3.63) is 58.9 Å². The molecule has 162 valence electrons. The molecule has 0 saturated carbocycles. The first kappa shape index (κ1) is 21.5. The highest BCUT2D eigenvalue weighted by Gasteiger charge is 2.39. The standard InChI is InChI=1S/C21H21ClN4O4S/c1-13-5-7-15(8-6-13)20-24-21(30-25-20)19-4-3-11-26(19)31(28,29)16-9-10-18(17(22)12-16)23-14(2)27/h5-10,12,19H,3-4,11H2,1-2H3,(H,23,27). The molecule has 1 unspecified atom stereocenters. The number of hydrogen-bond donors (Lipinski definition) is 1. The Labute approximate surface area is 185 Å². The van der Waals surface area contributed by atoms with E-state index < -0.39 is 16.1 Å². The van der Waals surface area contributed by atoms with Gasteiger partial charge in [-0.25, -0.2) is 8.42 Å². The number of carbonyl (C=O) groups excluding carboxylic acids is 1. The van der Waals surface area contributed by atoms with Crippen molar-refractivity contribution in [2.24, 2.45) is 0 Å². The van der Waals surface area contributed by atoms with Gasteiger partial charge in [-0.3, -0.25) is 4.79 Å². The van der Waals surface area contributed by atoms with Gasteiger partial charge in [-0.2, -0.15) is 9.29 Å². The number of rotatable bonds is 5. The molecule has 1 saturated heterocycles. The van der Waals surface area contributed by atoms with Crippen molar-refractivity contribution < 1.29 is 17.7 Å². The summed E-state index contributed by atoms with van der Waals surface area (Å²) in [6, 6.07) is 11.4. The summed E-state index contributed by atoms with van der Waals surface area (Å²) in [5.74, 6) is 0.387. The summed E-state index contributed by atoms with van der Waals surface area (Å²) in [5.41, 5.74) is 2.27. The van der Waals surface area contributed by atoms with Crippen LogP contribution in [0.1, 0.15) is 37.3 Å². The fourth-order valence-electron chi connectivity index (χ4n) is 3.55. The monoisotopic (exact) mass is 460 g/mol. The average Bonchev–Trinajstić information content (AvgIpc) is 3.39. The van der Waals surface area contributed by atoms with E-state index in [4.69, 9.17) is 16.1 Å². The number of sulfonamides is 1. The molecule has 2 heterocycles. The number of aryl methyl sites for hydroxylation is 1. The molecule has 0 radical (unpaired) electrons. The summed E-state index contributed by atoms with van der Waals surface area (Å²) in [6.07, 6.45) is 1.25. The minimum atomic E-state index is -3.86. The number of nitrogens with zero attached hydrogens (tertiary/aromatic N) is 3. The number of halogens is 1. The van der Waals surface area contributed by atoms with Gasteiger partial charge in [0.15, 0.2) is 0 Å². The maximum absolute atomic E-state index is 13.3. The van der Waals surface area contributed by atoms with Crippen LogP contribution in [0, 0.1) is 6.92 Å². The van der Waals surface area contributed by atoms with Crippen LogP contribution in [-0.2, 0) is 14.8 Å². The Morgan fingerprint density at radius 2 is 1.97 bits per heavy atom. The SMILES string of the molecule is CC(=O)Nc1ccc(S(=O)(=O)N2CCCC2c2nc(-c3ccc(C)cc3)no2)cc1Cl. The van der Waals surface area contributed by atoms with Gasteiger partial charge in [0, 0.05) is 19.0 Å². The van der Waals surface area contributed by atoms with E-state index >= 15 is 0 Å². The zero-order valence-electron chi connectivity index (χ0n) is 17.0. The van der Waals surface area contributed by atoms with Crippen molar-refractivity contribution >= 4 is 33.2 Å². The third-order valence-corrected chi connectivity index (χ3v) is 7.31. The number of benzene rings is 2. The molecule has 2 aromatic carbocycles. The summed E-state index contributed by atoms with van der Waals surface area (Å²) in [6.45, 7) is 3.67. The Balaban J connectivity index is 1.61. The van der Waals surface area contributed by atoms with Crippen LogP contribution in [0.4, 0.5) is 5.69 Å². The van der Waals surface area contributed by atoms with Gasteiger partial charge >= 0.3 is 0 Å². The van der Waals surface area contributed by atoms with E-state index in [-0.39, 0.29) is 21.7 Å². The molecule has 3 aromatic rings. The summed E-state index contributed by atoms with van der Waals surface area (Å²) >= 11 is 6.18. The molecular weight excluding hydrogens is 440 g/mol. The largest absolute Gasteiger partial charge is 0.337 e. The first-order valence-electron chi connectivity index (χ1n) is 9.75. The Bertz CT molecular complexity index is 1220. The maximum atomic E-state index is 13.3. The highest BCUT2D eigenvalue weighted by atomic mass is 35.5. The van der Waals surface area contributed by atoms with E-state index in [9.17, 15) is 13.2 Å². The van der Waals surface area contributed by atoms with E-state index in [0.717, 1.165) is 11.1 Å². The van der Waals surface area contributed by atoms with Gasteiger partial charge < -0.3 is 9.84 Å². The van der Waals surface area contributed by atoms with E-state index in [1.165, 1.54) is 29.4 Å². The van der Waals surface area contributed by atoms with Crippen molar-refractivity contribution in [3.63, 3.8) is 0 Å². The first-order chi connectivity index (χ1) is 14.8. The number of anilines is 1. The second-order valence-corrected chi connectivity index (χ2v) is 9.72. The average molecular weight is 461 g/mol. The molecule has 1 fully saturated rings. The molecule has 0 aliphatic carbocycles. The van der Waals surface area contributed by atoms with Crippen LogP contribution < -0.4 is 5.32 Å². The van der Waals surface area contributed by atoms with Crippen molar-refractivity contribution in [1.82, 2.24) is 14.4 Å². The zero-order valence-corrected chi connectivity index (χ0v) is 18.6. The summed E-state index contributed by atoms with van der Waals surface area (Å²) < 4.78 is 33.4. The summed E-state index contributed by atoms with van der Waals surface area (Å²) in [5, 5.41) is 6.74. The molecular formula is C21H21ClN4O4S. The van der Waals surface area contributed by atoms with Gasteiger partial charge in [0.1, 0.15) is 6.04 Å². The van der Waals surface area contributed by atoms with Crippen LogP contribution >= 0.6 is 11.6 Å². The lowest BCUT2D eigenvalue weighted by Crippen LogP contribution is -2.31. The molecule has 1 atom stereocenters. The zero-order chi connectivity index (χ0) is 22.2. The first-order valence-corrected chi connectivity index (χ1v) is 11.6. The Morgan fingerprint density at radius 3 is 2.65 bits per heavy atom. The molecule has 4 rings (SSSR count). The predicted molar refractivity (Wildman–Crippen MR) is 116 cm³/mol. The maximum Gasteiger partial charge on any atom is 0.245 e. The van der Waals surface area contributed by atoms with Gasteiger partial charge in [-0.1, -0.05) is 46.6 Å². The predicted octanol–water partition coefficient (Wildman–Crippen LogP) is 4.18. The van der Waals surface area contributed by atoms with E-state index in [1.807, 2.05) is 31.2 Å². The van der Waals surface area contributed by atoms with Crippen molar-refractivity contribution in [3.8, 4) is 11.4 Å². The minimum Gasteiger partial charge on any atom is -0.337 e. The molecule has 10 heteroatoms. The summed E-state index contributed by atoms with van der Waals surface area (Å²) in [4.78, 5) is 15.8. The number of nitrogens with one attached hydrogen (secondary N) is 1. The second kappa shape index (κ2) is 8.41. The topological polar surface area (TPSA) is 105 Å². The van der Waals surface area contributed by atoms with Crippen LogP contribution in [-0.4, -0.2) is 35.3 Å². The fraction of sp³-hybridized carbons (Fsp3) is 0.286. The van der Waals surface area contributed by atoms with Crippen molar-refractivity contribution in [1.29, 1.82) is 0 Å². The van der Waals surface area contributed by atoms with Crippen LogP contribution in [0.15, 0.2) is 51.9 Å². The Morgan fingerprint density at radius 1 is 1.23 bits per heavy atom. The van der Waals surface area contributed by atoms with Gasteiger partial charge in [-0.05, 0) is 38.0 Å². The molecule has 0 bridgehead atoms. The minimum absolute atomic E-state index is 0.0387. The molecule has 8 nitrogen and oxygen atoms in total. The quantitative estimate of drug-likeness (QED) is 0.612. The van der Waals surface area contributed by atoms with Crippen LogP contribution in [0.25, 0.3) is 11.4 Å². The molecule has 1 aromatic heterocycles. The summed E-state index contributed by atoms with van der Waals surface area (Å²) in [7, 11) is -3.86. The van der Waals surface area contributed by atoms with Gasteiger partial charge in [0.25, 0.3) is 0 Å². The molecule has 1 amide bonds.